The second-order valence-electron chi connectivity index (χ2n) is 4.26. The summed E-state index contributed by atoms with van der Waals surface area (Å²) in [7, 11) is 1.34. The van der Waals surface area contributed by atoms with Crippen molar-refractivity contribution in [3.63, 3.8) is 0 Å². The van der Waals surface area contributed by atoms with Gasteiger partial charge < -0.3 is 15.2 Å². The highest BCUT2D eigenvalue weighted by Gasteiger charge is 2.18. The summed E-state index contributed by atoms with van der Waals surface area (Å²) < 4.78 is 10.5. The van der Waals surface area contributed by atoms with Gasteiger partial charge in [-0.3, -0.25) is 0 Å². The standard InChI is InChI=1S/C13H17NO3/c1-16-13(15)11-8-10(6-7-12(11)14)17-9-4-2-3-5-9/h6-9H,2-5,14H2,1H3. The van der Waals surface area contributed by atoms with Crippen molar-refractivity contribution in [3.8, 4) is 5.75 Å². The SMILES string of the molecule is COC(=O)c1cc(OC2CCCC2)ccc1N. The van der Waals surface area contributed by atoms with E-state index in [-0.39, 0.29) is 6.10 Å². The number of carbonyl (C=O) groups excluding carboxylic acids is 1. The average molecular weight is 235 g/mol. The van der Waals surface area contributed by atoms with Crippen molar-refractivity contribution in [2.24, 2.45) is 0 Å². The summed E-state index contributed by atoms with van der Waals surface area (Å²) in [6.07, 6.45) is 4.85. The molecule has 4 heteroatoms. The largest absolute Gasteiger partial charge is 0.490 e. The highest BCUT2D eigenvalue weighted by Crippen LogP contribution is 2.26. The minimum absolute atomic E-state index is 0.268. The quantitative estimate of drug-likeness (QED) is 0.645. The van der Waals surface area contributed by atoms with Gasteiger partial charge in [0.2, 0.25) is 0 Å². The first-order valence-corrected chi connectivity index (χ1v) is 5.85. The number of carbonyl (C=O) groups is 1. The molecular formula is C13H17NO3. The van der Waals surface area contributed by atoms with Gasteiger partial charge in [0.1, 0.15) is 5.75 Å². The van der Waals surface area contributed by atoms with Crippen LogP contribution in [0.4, 0.5) is 5.69 Å². The summed E-state index contributed by atoms with van der Waals surface area (Å²) >= 11 is 0. The number of nitrogen functional groups attached to an aromatic ring is 1. The van der Waals surface area contributed by atoms with Crippen LogP contribution in [0.1, 0.15) is 36.0 Å². The van der Waals surface area contributed by atoms with E-state index >= 15 is 0 Å². The number of hydrogen-bond donors (Lipinski definition) is 1. The van der Waals surface area contributed by atoms with E-state index in [0.717, 1.165) is 12.8 Å². The van der Waals surface area contributed by atoms with E-state index in [9.17, 15) is 4.79 Å². The van der Waals surface area contributed by atoms with Gasteiger partial charge in [-0.15, -0.1) is 0 Å². The first kappa shape index (κ1) is 11.8. The molecule has 0 unspecified atom stereocenters. The zero-order valence-corrected chi connectivity index (χ0v) is 9.94. The Bertz CT molecular complexity index is 411. The van der Waals surface area contributed by atoms with Crippen molar-refractivity contribution >= 4 is 11.7 Å². The molecule has 0 bridgehead atoms. The van der Waals surface area contributed by atoms with Crippen molar-refractivity contribution in [2.75, 3.05) is 12.8 Å². The lowest BCUT2D eigenvalue weighted by molar-refractivity contribution is 0.0601. The van der Waals surface area contributed by atoms with Crippen LogP contribution in [0, 0.1) is 0 Å². The minimum Gasteiger partial charge on any atom is -0.490 e. The molecular weight excluding hydrogens is 218 g/mol. The number of rotatable bonds is 3. The van der Waals surface area contributed by atoms with Crippen LogP contribution in [0.5, 0.6) is 5.75 Å². The Kier molecular flexibility index (Phi) is 3.52. The fourth-order valence-corrected chi connectivity index (χ4v) is 2.09. The Labute approximate surface area is 101 Å². The van der Waals surface area contributed by atoms with Crippen molar-refractivity contribution < 1.29 is 14.3 Å². The van der Waals surface area contributed by atoms with E-state index in [1.165, 1.54) is 20.0 Å². The van der Waals surface area contributed by atoms with E-state index in [0.29, 0.717) is 17.0 Å². The maximum absolute atomic E-state index is 11.5. The van der Waals surface area contributed by atoms with Crippen LogP contribution < -0.4 is 10.5 Å². The van der Waals surface area contributed by atoms with Crippen LogP contribution in [-0.2, 0) is 4.74 Å². The highest BCUT2D eigenvalue weighted by molar-refractivity contribution is 5.95. The Morgan fingerprint density at radius 3 is 2.71 bits per heavy atom. The molecule has 0 amide bonds. The molecule has 1 aliphatic rings. The number of methoxy groups -OCH3 is 1. The van der Waals surface area contributed by atoms with Gasteiger partial charge in [-0.05, 0) is 43.9 Å². The van der Waals surface area contributed by atoms with Crippen LogP contribution >= 0.6 is 0 Å². The number of nitrogens with two attached hydrogens (primary N) is 1. The van der Waals surface area contributed by atoms with Gasteiger partial charge in [-0.1, -0.05) is 0 Å². The van der Waals surface area contributed by atoms with E-state index in [1.807, 2.05) is 0 Å². The molecule has 0 heterocycles. The highest BCUT2D eigenvalue weighted by atomic mass is 16.5. The molecule has 2 N–H and O–H groups in total. The molecule has 1 fully saturated rings. The zero-order chi connectivity index (χ0) is 12.3. The molecule has 1 saturated carbocycles. The smallest absolute Gasteiger partial charge is 0.340 e. The second kappa shape index (κ2) is 5.08. The first-order valence-electron chi connectivity index (χ1n) is 5.85. The lowest BCUT2D eigenvalue weighted by Crippen LogP contribution is -2.12. The van der Waals surface area contributed by atoms with Crippen molar-refractivity contribution in [1.82, 2.24) is 0 Å². The van der Waals surface area contributed by atoms with E-state index < -0.39 is 5.97 Å². The molecule has 1 aliphatic carbocycles. The lowest BCUT2D eigenvalue weighted by atomic mass is 10.1. The van der Waals surface area contributed by atoms with E-state index in [1.54, 1.807) is 18.2 Å². The summed E-state index contributed by atoms with van der Waals surface area (Å²) in [6, 6.07) is 5.12. The number of ether oxygens (including phenoxy) is 2. The molecule has 17 heavy (non-hydrogen) atoms. The predicted molar refractivity (Wildman–Crippen MR) is 65.1 cm³/mol. The van der Waals surface area contributed by atoms with Crippen molar-refractivity contribution in [1.29, 1.82) is 0 Å². The third kappa shape index (κ3) is 2.70. The van der Waals surface area contributed by atoms with E-state index in [4.69, 9.17) is 10.5 Å². The topological polar surface area (TPSA) is 61.5 Å². The summed E-state index contributed by atoms with van der Waals surface area (Å²) in [5.41, 5.74) is 6.49. The van der Waals surface area contributed by atoms with Crippen molar-refractivity contribution in [3.05, 3.63) is 23.8 Å². The molecule has 0 radical (unpaired) electrons. The lowest BCUT2D eigenvalue weighted by Gasteiger charge is -2.14. The van der Waals surface area contributed by atoms with Crippen molar-refractivity contribution in [2.45, 2.75) is 31.8 Å². The molecule has 1 aromatic carbocycles. The summed E-state index contributed by atoms with van der Waals surface area (Å²) in [6.45, 7) is 0. The molecule has 0 spiro atoms. The van der Waals surface area contributed by atoms with Gasteiger partial charge in [0.05, 0.1) is 18.8 Å². The van der Waals surface area contributed by atoms with Gasteiger partial charge in [0, 0.05) is 5.69 Å². The number of benzene rings is 1. The Hall–Kier alpha value is -1.71. The number of hydrogen-bond acceptors (Lipinski definition) is 4. The Balaban J connectivity index is 2.15. The first-order chi connectivity index (χ1) is 8.20. The minimum atomic E-state index is -0.431. The summed E-state index contributed by atoms with van der Waals surface area (Å²) in [5, 5.41) is 0. The van der Waals surface area contributed by atoms with Crippen LogP contribution in [0.25, 0.3) is 0 Å². The normalized spacial score (nSPS) is 15.8. The fraction of sp³-hybridized carbons (Fsp3) is 0.462. The third-order valence-corrected chi connectivity index (χ3v) is 3.04. The maximum atomic E-state index is 11.5. The van der Waals surface area contributed by atoms with Gasteiger partial charge in [-0.25, -0.2) is 4.79 Å². The molecule has 2 rings (SSSR count). The molecule has 92 valence electrons. The monoisotopic (exact) mass is 235 g/mol. The third-order valence-electron chi connectivity index (χ3n) is 3.04. The molecule has 0 aromatic heterocycles. The zero-order valence-electron chi connectivity index (χ0n) is 9.94. The average Bonchev–Trinajstić information content (AvgIpc) is 2.83. The summed E-state index contributed by atoms with van der Waals surface area (Å²) in [5.74, 6) is 0.255. The molecule has 0 atom stereocenters. The fourth-order valence-electron chi connectivity index (χ4n) is 2.09. The maximum Gasteiger partial charge on any atom is 0.340 e. The van der Waals surface area contributed by atoms with Gasteiger partial charge >= 0.3 is 5.97 Å². The Morgan fingerprint density at radius 2 is 2.06 bits per heavy atom. The van der Waals surface area contributed by atoms with Gasteiger partial charge in [0.25, 0.3) is 0 Å². The van der Waals surface area contributed by atoms with Crippen LogP contribution in [0.3, 0.4) is 0 Å². The number of anilines is 1. The number of esters is 1. The molecule has 1 aromatic rings. The molecule has 4 nitrogen and oxygen atoms in total. The van der Waals surface area contributed by atoms with Gasteiger partial charge in [-0.2, -0.15) is 0 Å². The van der Waals surface area contributed by atoms with Crippen LogP contribution in [0.15, 0.2) is 18.2 Å². The summed E-state index contributed by atoms with van der Waals surface area (Å²) in [4.78, 5) is 11.5. The van der Waals surface area contributed by atoms with Crippen LogP contribution in [-0.4, -0.2) is 19.2 Å². The van der Waals surface area contributed by atoms with E-state index in [2.05, 4.69) is 4.74 Å². The molecule has 0 saturated heterocycles. The Morgan fingerprint density at radius 1 is 1.35 bits per heavy atom. The van der Waals surface area contributed by atoms with Crippen LogP contribution in [0.2, 0.25) is 0 Å². The van der Waals surface area contributed by atoms with Gasteiger partial charge in [0.15, 0.2) is 0 Å². The predicted octanol–water partition coefficient (Wildman–Crippen LogP) is 2.38. The second-order valence-corrected chi connectivity index (χ2v) is 4.26. The molecule has 0 aliphatic heterocycles.